The third-order valence-corrected chi connectivity index (χ3v) is 6.52. The van der Waals surface area contributed by atoms with E-state index in [1.807, 2.05) is 24.3 Å². The number of rotatable bonds is 9. The zero-order valence-electron chi connectivity index (χ0n) is 16.3. The fourth-order valence-electron chi connectivity index (χ4n) is 4.79. The second-order valence-electron chi connectivity index (χ2n) is 8.57. The van der Waals surface area contributed by atoms with E-state index in [1.54, 1.807) is 0 Å². The molecule has 30 heavy (non-hydrogen) atoms. The molecule has 0 radical (unpaired) electrons. The van der Waals surface area contributed by atoms with Crippen LogP contribution in [-0.4, -0.2) is 23.8 Å². The molecule has 5 rings (SSSR count). The first-order chi connectivity index (χ1) is 14.3. The Morgan fingerprint density at radius 3 is 2.43 bits per heavy atom. The van der Waals surface area contributed by atoms with Crippen LogP contribution in [0.25, 0.3) is 0 Å². The Morgan fingerprint density at radius 1 is 1.07 bits per heavy atom. The van der Waals surface area contributed by atoms with Crippen molar-refractivity contribution in [1.29, 1.82) is 0 Å². The Hall–Kier alpha value is -2.11. The van der Waals surface area contributed by atoms with Crippen LogP contribution in [0.1, 0.15) is 37.7 Å². The molecule has 4 nitrogen and oxygen atoms in total. The molecule has 0 atom stereocenters. The normalized spacial score (nSPS) is 23.8. The summed E-state index contributed by atoms with van der Waals surface area (Å²) in [6.07, 6.45) is 4.01. The Bertz CT molecular complexity index is 957. The van der Waals surface area contributed by atoms with E-state index >= 15 is 0 Å². The van der Waals surface area contributed by atoms with Crippen LogP contribution in [0.3, 0.4) is 0 Å². The molecule has 0 heterocycles. The maximum absolute atomic E-state index is 13.4. The fraction of sp³-hybridized carbons (Fsp3) is 0.391. The molecule has 0 unspecified atom stereocenters. The summed E-state index contributed by atoms with van der Waals surface area (Å²) in [7, 11) is 0. The molecule has 3 aliphatic carbocycles. The van der Waals surface area contributed by atoms with Crippen molar-refractivity contribution in [2.45, 2.75) is 44.1 Å². The third-order valence-electron chi connectivity index (χ3n) is 5.96. The van der Waals surface area contributed by atoms with Crippen molar-refractivity contribution in [2.24, 2.45) is 5.41 Å². The molecule has 3 saturated carbocycles. The maximum Gasteiger partial charge on any atom is 0.220 e. The lowest BCUT2D eigenvalue weighted by Crippen LogP contribution is -2.75. The Labute approximate surface area is 184 Å². The quantitative estimate of drug-likeness (QED) is 0.576. The van der Waals surface area contributed by atoms with Crippen LogP contribution in [0.2, 0.25) is 10.0 Å². The summed E-state index contributed by atoms with van der Waals surface area (Å²) < 4.78 is 18.8. The van der Waals surface area contributed by atoms with Gasteiger partial charge in [-0.05, 0) is 60.9 Å². The minimum atomic E-state index is -0.574. The van der Waals surface area contributed by atoms with Gasteiger partial charge in [-0.3, -0.25) is 9.59 Å². The monoisotopic (exact) mass is 449 g/mol. The molecular formula is C23H22Cl2FNO3. The molecular weight excluding hydrogens is 428 g/mol. The van der Waals surface area contributed by atoms with Gasteiger partial charge in [-0.1, -0.05) is 35.3 Å². The Kier molecular flexibility index (Phi) is 5.78. The molecule has 158 valence electrons. The topological polar surface area (TPSA) is 55.4 Å². The summed E-state index contributed by atoms with van der Waals surface area (Å²) in [4.78, 5) is 24.6. The second-order valence-corrected chi connectivity index (χ2v) is 9.41. The molecule has 2 aromatic rings. The lowest BCUT2D eigenvalue weighted by molar-refractivity contribution is -0.172. The summed E-state index contributed by atoms with van der Waals surface area (Å²) in [5.41, 5.74) is 0.918. The van der Waals surface area contributed by atoms with Crippen molar-refractivity contribution in [3.8, 4) is 5.75 Å². The summed E-state index contributed by atoms with van der Waals surface area (Å²) in [6.45, 7) is -0.0940. The number of ketones is 1. The van der Waals surface area contributed by atoms with Gasteiger partial charge in [0.1, 0.15) is 18.2 Å². The van der Waals surface area contributed by atoms with Gasteiger partial charge in [-0.15, -0.1) is 0 Å². The smallest absolute Gasteiger partial charge is 0.220 e. The summed E-state index contributed by atoms with van der Waals surface area (Å²) >= 11 is 11.5. The molecule has 0 saturated heterocycles. The van der Waals surface area contributed by atoms with Crippen molar-refractivity contribution in [1.82, 2.24) is 5.32 Å². The minimum absolute atomic E-state index is 0.0167. The molecule has 2 bridgehead atoms. The summed E-state index contributed by atoms with van der Waals surface area (Å²) in [5, 5.41) is 3.85. The van der Waals surface area contributed by atoms with Crippen LogP contribution in [-0.2, 0) is 16.0 Å². The number of halogens is 3. The number of hydrogen-bond donors (Lipinski definition) is 1. The van der Waals surface area contributed by atoms with Crippen molar-refractivity contribution < 1.29 is 18.7 Å². The lowest BCUT2D eigenvalue weighted by Gasteiger charge is -2.70. The Morgan fingerprint density at radius 2 is 1.77 bits per heavy atom. The second kappa shape index (κ2) is 8.20. The van der Waals surface area contributed by atoms with Gasteiger partial charge in [0.15, 0.2) is 5.78 Å². The number of amides is 1. The predicted octanol–water partition coefficient (Wildman–Crippen LogP) is 5.14. The van der Waals surface area contributed by atoms with E-state index in [4.69, 9.17) is 27.9 Å². The van der Waals surface area contributed by atoms with Gasteiger partial charge in [-0.2, -0.15) is 0 Å². The van der Waals surface area contributed by atoms with E-state index in [-0.39, 0.29) is 40.0 Å². The number of aryl methyl sites for hydroxylation is 1. The molecule has 0 aliphatic heterocycles. The molecule has 1 N–H and O–H groups in total. The van der Waals surface area contributed by atoms with E-state index in [2.05, 4.69) is 5.32 Å². The molecule has 0 aromatic heterocycles. The van der Waals surface area contributed by atoms with Gasteiger partial charge in [-0.25, -0.2) is 4.39 Å². The van der Waals surface area contributed by atoms with Crippen molar-refractivity contribution in [3.63, 3.8) is 0 Å². The Balaban J connectivity index is 1.17. The molecule has 0 spiro atoms. The molecule has 1 amide bonds. The van der Waals surface area contributed by atoms with Gasteiger partial charge in [0.05, 0.1) is 5.02 Å². The minimum Gasteiger partial charge on any atom is -0.486 e. The first-order valence-electron chi connectivity index (χ1n) is 9.92. The predicted molar refractivity (Wildman–Crippen MR) is 113 cm³/mol. The average molecular weight is 450 g/mol. The number of carbonyl (C=O) groups is 2. The lowest BCUT2D eigenvalue weighted by atomic mass is 9.38. The van der Waals surface area contributed by atoms with Gasteiger partial charge in [0.2, 0.25) is 5.91 Å². The maximum atomic E-state index is 13.4. The van der Waals surface area contributed by atoms with E-state index in [1.165, 1.54) is 18.2 Å². The number of benzene rings is 2. The molecule has 3 fully saturated rings. The van der Waals surface area contributed by atoms with Crippen LogP contribution in [0.4, 0.5) is 4.39 Å². The SMILES string of the molecule is O=C(COc1ccc(Cl)c(F)c1)CC12CC(NC(=O)CCc3ccc(Cl)cc3)(C1)C2. The van der Waals surface area contributed by atoms with Gasteiger partial charge >= 0.3 is 0 Å². The highest BCUT2D eigenvalue weighted by atomic mass is 35.5. The third kappa shape index (κ3) is 4.62. The van der Waals surface area contributed by atoms with Crippen molar-refractivity contribution in [3.05, 3.63) is 63.9 Å². The number of Topliss-reactive ketones (excluding diaryl/α,β-unsaturated/α-hetero) is 1. The van der Waals surface area contributed by atoms with Crippen LogP contribution < -0.4 is 10.1 Å². The van der Waals surface area contributed by atoms with E-state index < -0.39 is 5.82 Å². The standard InChI is InChI=1S/C23H22Cl2FNO3/c24-16-4-1-15(2-5-16)3-8-21(29)27-23-12-22(13-23,14-23)10-17(28)11-30-18-6-7-19(25)20(26)9-18/h1-2,4-7,9H,3,8,10-14H2,(H,27,29). The summed E-state index contributed by atoms with van der Waals surface area (Å²) in [6, 6.07) is 11.6. The zero-order valence-corrected chi connectivity index (χ0v) is 17.9. The van der Waals surface area contributed by atoms with Crippen LogP contribution in [0, 0.1) is 11.2 Å². The van der Waals surface area contributed by atoms with Crippen LogP contribution in [0.15, 0.2) is 42.5 Å². The highest BCUT2D eigenvalue weighted by molar-refractivity contribution is 6.30. The number of hydrogen-bond acceptors (Lipinski definition) is 3. The van der Waals surface area contributed by atoms with Crippen LogP contribution in [0.5, 0.6) is 5.75 Å². The first kappa shape index (κ1) is 21.1. The van der Waals surface area contributed by atoms with Gasteiger partial charge in [0.25, 0.3) is 0 Å². The molecule has 2 aromatic carbocycles. The summed E-state index contributed by atoms with van der Waals surface area (Å²) in [5.74, 6) is -0.271. The fourth-order valence-corrected chi connectivity index (χ4v) is 5.03. The zero-order chi connectivity index (χ0) is 21.4. The average Bonchev–Trinajstić information content (AvgIpc) is 2.66. The first-order valence-corrected chi connectivity index (χ1v) is 10.7. The van der Waals surface area contributed by atoms with Crippen molar-refractivity contribution in [2.75, 3.05) is 6.61 Å². The van der Waals surface area contributed by atoms with Crippen molar-refractivity contribution >= 4 is 34.9 Å². The van der Waals surface area contributed by atoms with E-state index in [0.29, 0.717) is 24.3 Å². The van der Waals surface area contributed by atoms with Gasteiger partial charge < -0.3 is 10.1 Å². The van der Waals surface area contributed by atoms with E-state index in [0.717, 1.165) is 24.8 Å². The molecule has 7 heteroatoms. The largest absolute Gasteiger partial charge is 0.486 e. The van der Waals surface area contributed by atoms with Crippen LogP contribution >= 0.6 is 23.2 Å². The highest BCUT2D eigenvalue weighted by Crippen LogP contribution is 2.69. The number of ether oxygens (including phenoxy) is 1. The number of nitrogens with one attached hydrogen (secondary N) is 1. The van der Waals surface area contributed by atoms with E-state index in [9.17, 15) is 14.0 Å². The number of carbonyl (C=O) groups excluding carboxylic acids is 2. The molecule has 3 aliphatic rings. The van der Waals surface area contributed by atoms with Gasteiger partial charge in [0, 0.05) is 29.5 Å². The highest BCUT2D eigenvalue weighted by Gasteiger charge is 2.68.